The minimum Gasteiger partial charge on any atom is -0.380 e. The Bertz CT molecular complexity index is 174. The highest BCUT2D eigenvalue weighted by Crippen LogP contribution is 2.29. The standard InChI is InChI=1S/C15H31ClOS/c1-5-8-10-12-18-14(11-9-6-2)15(16)13(7-3)17-4/h13-15H,5-12H2,1-4H3. The van der Waals surface area contributed by atoms with Crippen molar-refractivity contribution in [1.82, 2.24) is 0 Å². The van der Waals surface area contributed by atoms with Crippen LogP contribution in [0.15, 0.2) is 0 Å². The molecular weight excluding hydrogens is 264 g/mol. The van der Waals surface area contributed by atoms with Crippen LogP contribution in [0.2, 0.25) is 0 Å². The van der Waals surface area contributed by atoms with E-state index in [4.69, 9.17) is 16.3 Å². The quantitative estimate of drug-likeness (QED) is 0.347. The molecule has 0 heterocycles. The molecule has 0 aliphatic heterocycles. The van der Waals surface area contributed by atoms with Gasteiger partial charge in [0.1, 0.15) is 0 Å². The van der Waals surface area contributed by atoms with Crippen LogP contribution in [0.1, 0.15) is 65.7 Å². The molecule has 0 amide bonds. The predicted octanol–water partition coefficient (Wildman–Crippen LogP) is 5.50. The van der Waals surface area contributed by atoms with Crippen LogP contribution in [0, 0.1) is 0 Å². The number of alkyl halides is 1. The molecule has 1 nitrogen and oxygen atoms in total. The van der Waals surface area contributed by atoms with E-state index >= 15 is 0 Å². The average molecular weight is 295 g/mol. The van der Waals surface area contributed by atoms with Crippen molar-refractivity contribution < 1.29 is 4.74 Å². The van der Waals surface area contributed by atoms with Gasteiger partial charge in [0.15, 0.2) is 0 Å². The number of rotatable bonds is 12. The second-order valence-corrected chi connectivity index (χ2v) is 6.74. The van der Waals surface area contributed by atoms with Gasteiger partial charge in [0.25, 0.3) is 0 Å². The van der Waals surface area contributed by atoms with Crippen LogP contribution >= 0.6 is 23.4 Å². The molecule has 3 unspecified atom stereocenters. The fraction of sp³-hybridized carbons (Fsp3) is 1.00. The summed E-state index contributed by atoms with van der Waals surface area (Å²) in [4.78, 5) is 0. The maximum atomic E-state index is 6.62. The van der Waals surface area contributed by atoms with Gasteiger partial charge in [-0.05, 0) is 25.0 Å². The Kier molecular flexibility index (Phi) is 13.0. The highest BCUT2D eigenvalue weighted by Gasteiger charge is 2.26. The molecule has 3 atom stereocenters. The summed E-state index contributed by atoms with van der Waals surface area (Å²) in [5.74, 6) is 1.24. The zero-order valence-corrected chi connectivity index (χ0v) is 14.2. The van der Waals surface area contributed by atoms with Gasteiger partial charge in [-0.3, -0.25) is 0 Å². The maximum Gasteiger partial charge on any atom is 0.0743 e. The topological polar surface area (TPSA) is 9.23 Å². The van der Waals surface area contributed by atoms with E-state index in [2.05, 4.69) is 32.5 Å². The molecule has 0 aliphatic rings. The van der Waals surface area contributed by atoms with Gasteiger partial charge in [0.2, 0.25) is 0 Å². The molecule has 110 valence electrons. The molecule has 0 rings (SSSR count). The van der Waals surface area contributed by atoms with Crippen LogP contribution in [-0.4, -0.2) is 29.6 Å². The number of methoxy groups -OCH3 is 1. The second-order valence-electron chi connectivity index (χ2n) is 4.89. The highest BCUT2D eigenvalue weighted by atomic mass is 35.5. The lowest BCUT2D eigenvalue weighted by atomic mass is 10.1. The first-order chi connectivity index (χ1) is 8.71. The number of ether oxygens (including phenoxy) is 1. The van der Waals surface area contributed by atoms with E-state index in [9.17, 15) is 0 Å². The summed E-state index contributed by atoms with van der Waals surface area (Å²) < 4.78 is 5.50. The van der Waals surface area contributed by atoms with Gasteiger partial charge in [-0.1, -0.05) is 46.5 Å². The van der Waals surface area contributed by atoms with Crippen molar-refractivity contribution in [2.45, 2.75) is 82.4 Å². The number of unbranched alkanes of at least 4 members (excludes halogenated alkanes) is 3. The second kappa shape index (κ2) is 12.6. The summed E-state index contributed by atoms with van der Waals surface area (Å²) in [6, 6.07) is 0. The molecule has 0 saturated heterocycles. The van der Waals surface area contributed by atoms with E-state index in [1.54, 1.807) is 7.11 Å². The third-order valence-corrected chi connectivity index (χ3v) is 5.55. The molecule has 0 aromatic carbocycles. The van der Waals surface area contributed by atoms with Crippen molar-refractivity contribution in [3.63, 3.8) is 0 Å². The largest absolute Gasteiger partial charge is 0.380 e. The van der Waals surface area contributed by atoms with Crippen molar-refractivity contribution in [1.29, 1.82) is 0 Å². The van der Waals surface area contributed by atoms with Gasteiger partial charge >= 0.3 is 0 Å². The Hall–Kier alpha value is 0.600. The Morgan fingerprint density at radius 2 is 1.72 bits per heavy atom. The highest BCUT2D eigenvalue weighted by molar-refractivity contribution is 8.00. The third-order valence-electron chi connectivity index (χ3n) is 3.34. The average Bonchev–Trinajstić information content (AvgIpc) is 2.39. The number of halogens is 1. The molecule has 0 aromatic rings. The fourth-order valence-corrected chi connectivity index (χ4v) is 4.08. The number of hydrogen-bond donors (Lipinski definition) is 0. The van der Waals surface area contributed by atoms with E-state index in [1.807, 2.05) is 0 Å². The molecule has 0 N–H and O–H groups in total. The van der Waals surface area contributed by atoms with Crippen LogP contribution in [-0.2, 0) is 4.74 Å². The Balaban J connectivity index is 4.17. The molecule has 0 saturated carbocycles. The van der Waals surface area contributed by atoms with Gasteiger partial charge in [-0.25, -0.2) is 0 Å². The van der Waals surface area contributed by atoms with Crippen molar-refractivity contribution in [2.24, 2.45) is 0 Å². The molecule has 0 bridgehead atoms. The maximum absolute atomic E-state index is 6.62. The van der Waals surface area contributed by atoms with Crippen molar-refractivity contribution in [3.8, 4) is 0 Å². The third kappa shape index (κ3) is 7.91. The molecule has 0 aliphatic carbocycles. The first kappa shape index (κ1) is 18.6. The zero-order valence-electron chi connectivity index (χ0n) is 12.6. The molecule has 0 aromatic heterocycles. The molecular formula is C15H31ClOS. The van der Waals surface area contributed by atoms with Gasteiger partial charge in [0.05, 0.1) is 11.5 Å². The molecule has 0 radical (unpaired) electrons. The van der Waals surface area contributed by atoms with Crippen LogP contribution in [0.5, 0.6) is 0 Å². The van der Waals surface area contributed by atoms with Crippen molar-refractivity contribution in [2.75, 3.05) is 12.9 Å². The van der Waals surface area contributed by atoms with Gasteiger partial charge in [-0.15, -0.1) is 11.6 Å². The summed E-state index contributed by atoms with van der Waals surface area (Å²) >= 11 is 8.67. The molecule has 0 fully saturated rings. The molecule has 18 heavy (non-hydrogen) atoms. The van der Waals surface area contributed by atoms with E-state index in [0.29, 0.717) is 5.25 Å². The summed E-state index contributed by atoms with van der Waals surface area (Å²) in [7, 11) is 1.78. The smallest absolute Gasteiger partial charge is 0.0743 e. The van der Waals surface area contributed by atoms with E-state index < -0.39 is 0 Å². The lowest BCUT2D eigenvalue weighted by Gasteiger charge is -2.27. The van der Waals surface area contributed by atoms with Crippen LogP contribution < -0.4 is 0 Å². The lowest BCUT2D eigenvalue weighted by Crippen LogP contribution is -2.32. The van der Waals surface area contributed by atoms with Crippen LogP contribution in [0.3, 0.4) is 0 Å². The Morgan fingerprint density at radius 1 is 1.06 bits per heavy atom. The normalized spacial score (nSPS) is 16.5. The zero-order chi connectivity index (χ0) is 13.8. The minimum atomic E-state index is 0.151. The summed E-state index contributed by atoms with van der Waals surface area (Å²) in [5, 5.41) is 0.701. The minimum absolute atomic E-state index is 0.151. The van der Waals surface area contributed by atoms with E-state index in [0.717, 1.165) is 6.42 Å². The first-order valence-electron chi connectivity index (χ1n) is 7.49. The molecule has 3 heteroatoms. The van der Waals surface area contributed by atoms with Gasteiger partial charge in [0, 0.05) is 12.4 Å². The number of thioether (sulfide) groups is 1. The van der Waals surface area contributed by atoms with E-state index in [1.165, 1.54) is 44.3 Å². The SMILES string of the molecule is CCCCCSC(CCCC)C(Cl)C(CC)OC. The summed E-state index contributed by atoms with van der Waals surface area (Å²) in [6.07, 6.45) is 8.89. The van der Waals surface area contributed by atoms with E-state index in [-0.39, 0.29) is 11.5 Å². The summed E-state index contributed by atoms with van der Waals surface area (Å²) in [5.41, 5.74) is 0. The Labute approximate surface area is 123 Å². The van der Waals surface area contributed by atoms with Gasteiger partial charge in [-0.2, -0.15) is 11.8 Å². The Morgan fingerprint density at radius 3 is 2.22 bits per heavy atom. The monoisotopic (exact) mass is 294 g/mol. The van der Waals surface area contributed by atoms with Crippen LogP contribution in [0.4, 0.5) is 0 Å². The van der Waals surface area contributed by atoms with Crippen molar-refractivity contribution in [3.05, 3.63) is 0 Å². The first-order valence-corrected chi connectivity index (χ1v) is 8.98. The van der Waals surface area contributed by atoms with Crippen LogP contribution in [0.25, 0.3) is 0 Å². The van der Waals surface area contributed by atoms with Gasteiger partial charge < -0.3 is 4.74 Å². The lowest BCUT2D eigenvalue weighted by molar-refractivity contribution is 0.0942. The number of hydrogen-bond acceptors (Lipinski definition) is 2. The summed E-state index contributed by atoms with van der Waals surface area (Å²) in [6.45, 7) is 6.65. The van der Waals surface area contributed by atoms with Crippen molar-refractivity contribution >= 4 is 23.4 Å². The predicted molar refractivity (Wildman–Crippen MR) is 86.0 cm³/mol. The molecule has 0 spiro atoms. The fourth-order valence-electron chi connectivity index (χ4n) is 2.09.